The molecule has 2 heterocycles. The number of nitrogens with zero attached hydrogens (tertiary/aromatic N) is 3. The second-order valence-electron chi connectivity index (χ2n) is 7.15. The van der Waals surface area contributed by atoms with Gasteiger partial charge >= 0.3 is 0 Å². The van der Waals surface area contributed by atoms with Crippen LogP contribution in [0.2, 0.25) is 0 Å². The fourth-order valence-electron chi connectivity index (χ4n) is 2.99. The Labute approximate surface area is 146 Å². The van der Waals surface area contributed by atoms with Crippen molar-refractivity contribution in [1.82, 2.24) is 20.7 Å². The van der Waals surface area contributed by atoms with Gasteiger partial charge in [-0.15, -0.1) is 0 Å². The number of hydrogen-bond acceptors (Lipinski definition) is 4. The molecule has 0 radical (unpaired) electrons. The zero-order valence-corrected chi connectivity index (χ0v) is 15.6. The van der Waals surface area contributed by atoms with E-state index in [-0.39, 0.29) is 0 Å². The third-order valence-electron chi connectivity index (χ3n) is 4.46. The van der Waals surface area contributed by atoms with Crippen molar-refractivity contribution in [2.24, 2.45) is 10.9 Å². The van der Waals surface area contributed by atoms with E-state index in [1.54, 1.807) is 7.05 Å². The maximum absolute atomic E-state index is 5.35. The van der Waals surface area contributed by atoms with Gasteiger partial charge in [-0.1, -0.05) is 32.3 Å². The van der Waals surface area contributed by atoms with Gasteiger partial charge in [-0.3, -0.25) is 4.99 Å². The molecule has 2 rings (SSSR count). The fourth-order valence-corrected chi connectivity index (χ4v) is 2.99. The zero-order chi connectivity index (χ0) is 17.4. The molecule has 2 N–H and O–H groups in total. The molecule has 0 saturated carbocycles. The van der Waals surface area contributed by atoms with Crippen LogP contribution in [0.3, 0.4) is 0 Å². The van der Waals surface area contributed by atoms with Crippen LogP contribution >= 0.6 is 0 Å². The summed E-state index contributed by atoms with van der Waals surface area (Å²) in [5.74, 6) is 2.63. The molecule has 136 valence electrons. The van der Waals surface area contributed by atoms with Crippen LogP contribution in [0.4, 0.5) is 0 Å². The lowest BCUT2D eigenvalue weighted by molar-refractivity contribution is 0.201. The van der Waals surface area contributed by atoms with Crippen molar-refractivity contribution in [2.75, 3.05) is 33.2 Å². The lowest BCUT2D eigenvalue weighted by Crippen LogP contribution is -2.42. The van der Waals surface area contributed by atoms with Gasteiger partial charge in [0.25, 0.3) is 0 Å². The van der Waals surface area contributed by atoms with Gasteiger partial charge in [-0.25, -0.2) is 0 Å². The number of guanidine groups is 1. The molecule has 6 heteroatoms. The summed E-state index contributed by atoms with van der Waals surface area (Å²) >= 11 is 0. The van der Waals surface area contributed by atoms with E-state index in [1.807, 2.05) is 6.07 Å². The molecule has 24 heavy (non-hydrogen) atoms. The molecular weight excluding hydrogens is 302 g/mol. The van der Waals surface area contributed by atoms with Gasteiger partial charge in [0, 0.05) is 26.2 Å². The number of likely N-dealkylation sites (tertiary alicyclic amines) is 1. The van der Waals surface area contributed by atoms with Crippen molar-refractivity contribution in [3.05, 3.63) is 17.5 Å². The molecule has 0 spiro atoms. The standard InChI is InChI=1S/C18H33N5O/c1-14(2)17-10-16(24-22-17)12-21-18(19-4)20-11-15(3)13-23-8-6-5-7-9-23/h10,14-15H,5-9,11-13H2,1-4H3,(H2,19,20,21). The topological polar surface area (TPSA) is 65.7 Å². The first-order valence-electron chi connectivity index (χ1n) is 9.21. The number of rotatable bonds is 7. The van der Waals surface area contributed by atoms with E-state index in [0.29, 0.717) is 18.4 Å². The maximum atomic E-state index is 5.35. The summed E-state index contributed by atoms with van der Waals surface area (Å²) in [6.45, 7) is 11.7. The summed E-state index contributed by atoms with van der Waals surface area (Å²) in [6, 6.07) is 2.00. The molecule has 1 aromatic heterocycles. The van der Waals surface area contributed by atoms with Crippen LogP contribution in [0.25, 0.3) is 0 Å². The lowest BCUT2D eigenvalue weighted by Gasteiger charge is -2.29. The minimum absolute atomic E-state index is 0.385. The summed E-state index contributed by atoms with van der Waals surface area (Å²) in [7, 11) is 1.80. The van der Waals surface area contributed by atoms with Crippen LogP contribution in [0.1, 0.15) is 57.4 Å². The van der Waals surface area contributed by atoms with E-state index >= 15 is 0 Å². The van der Waals surface area contributed by atoms with Gasteiger partial charge in [0.1, 0.15) is 0 Å². The Morgan fingerprint density at radius 3 is 2.62 bits per heavy atom. The smallest absolute Gasteiger partial charge is 0.191 e. The molecule has 1 aliphatic heterocycles. The Morgan fingerprint density at radius 2 is 2.00 bits per heavy atom. The van der Waals surface area contributed by atoms with E-state index in [4.69, 9.17) is 4.52 Å². The molecule has 6 nitrogen and oxygen atoms in total. The minimum atomic E-state index is 0.385. The van der Waals surface area contributed by atoms with Crippen molar-refractivity contribution in [1.29, 1.82) is 0 Å². The first-order valence-corrected chi connectivity index (χ1v) is 9.21. The van der Waals surface area contributed by atoms with Crippen LogP contribution in [0.5, 0.6) is 0 Å². The molecule has 0 aromatic carbocycles. The number of aromatic nitrogens is 1. The molecular formula is C18H33N5O. The van der Waals surface area contributed by atoms with Gasteiger partial charge in [0.05, 0.1) is 12.2 Å². The Kier molecular flexibility index (Phi) is 7.56. The van der Waals surface area contributed by atoms with Gasteiger partial charge in [0.15, 0.2) is 11.7 Å². The predicted molar refractivity (Wildman–Crippen MR) is 98.2 cm³/mol. The molecule has 1 aromatic rings. The molecule has 1 saturated heterocycles. The van der Waals surface area contributed by atoms with Gasteiger partial charge in [-0.05, 0) is 37.8 Å². The highest BCUT2D eigenvalue weighted by Gasteiger charge is 2.14. The molecule has 1 fully saturated rings. The van der Waals surface area contributed by atoms with E-state index in [2.05, 4.69) is 46.5 Å². The maximum Gasteiger partial charge on any atom is 0.191 e. The number of hydrogen-bond donors (Lipinski definition) is 2. The van der Waals surface area contributed by atoms with E-state index in [9.17, 15) is 0 Å². The predicted octanol–water partition coefficient (Wildman–Crippen LogP) is 2.59. The Hall–Kier alpha value is -1.56. The van der Waals surface area contributed by atoms with Gasteiger partial charge in [0.2, 0.25) is 0 Å². The summed E-state index contributed by atoms with van der Waals surface area (Å²) in [6.07, 6.45) is 4.08. The first-order chi connectivity index (χ1) is 11.6. The van der Waals surface area contributed by atoms with Crippen molar-refractivity contribution in [2.45, 2.75) is 52.5 Å². The summed E-state index contributed by atoms with van der Waals surface area (Å²) < 4.78 is 5.35. The van der Waals surface area contributed by atoms with Gasteiger partial charge < -0.3 is 20.1 Å². The monoisotopic (exact) mass is 335 g/mol. The van der Waals surface area contributed by atoms with Crippen molar-refractivity contribution in [3.63, 3.8) is 0 Å². The normalized spacial score (nSPS) is 18.0. The summed E-state index contributed by atoms with van der Waals surface area (Å²) in [5.41, 5.74) is 0.991. The average molecular weight is 335 g/mol. The molecule has 1 aliphatic rings. The molecule has 0 amide bonds. The Balaban J connectivity index is 1.69. The van der Waals surface area contributed by atoms with E-state index in [1.165, 1.54) is 32.4 Å². The number of aliphatic imine (C=N–C) groups is 1. The SMILES string of the molecule is CN=C(NCc1cc(C(C)C)no1)NCC(C)CN1CCCCC1. The quantitative estimate of drug-likeness (QED) is 0.592. The zero-order valence-electron chi connectivity index (χ0n) is 15.6. The van der Waals surface area contributed by atoms with Gasteiger partial charge in [-0.2, -0.15) is 0 Å². The molecule has 0 aliphatic carbocycles. The van der Waals surface area contributed by atoms with Crippen LogP contribution in [-0.2, 0) is 6.54 Å². The third kappa shape index (κ3) is 6.15. The highest BCUT2D eigenvalue weighted by atomic mass is 16.5. The van der Waals surface area contributed by atoms with Crippen molar-refractivity contribution >= 4 is 5.96 Å². The second kappa shape index (κ2) is 9.67. The summed E-state index contributed by atoms with van der Waals surface area (Å²) in [5, 5.41) is 10.8. The van der Waals surface area contributed by atoms with Crippen LogP contribution in [0, 0.1) is 5.92 Å². The lowest BCUT2D eigenvalue weighted by atomic mass is 10.1. The largest absolute Gasteiger partial charge is 0.359 e. The molecule has 1 atom stereocenters. The number of piperidine rings is 1. The summed E-state index contributed by atoms with van der Waals surface area (Å²) in [4.78, 5) is 6.86. The van der Waals surface area contributed by atoms with E-state index < -0.39 is 0 Å². The van der Waals surface area contributed by atoms with Crippen molar-refractivity contribution < 1.29 is 4.52 Å². The van der Waals surface area contributed by atoms with Crippen LogP contribution in [0.15, 0.2) is 15.6 Å². The Morgan fingerprint density at radius 1 is 1.25 bits per heavy atom. The average Bonchev–Trinajstić information content (AvgIpc) is 3.05. The highest BCUT2D eigenvalue weighted by Crippen LogP contribution is 2.13. The van der Waals surface area contributed by atoms with E-state index in [0.717, 1.165) is 30.5 Å². The van der Waals surface area contributed by atoms with Crippen molar-refractivity contribution in [3.8, 4) is 0 Å². The van der Waals surface area contributed by atoms with Crippen LogP contribution in [-0.4, -0.2) is 49.2 Å². The molecule has 0 bridgehead atoms. The number of nitrogens with one attached hydrogen (secondary N) is 2. The minimum Gasteiger partial charge on any atom is -0.359 e. The second-order valence-corrected chi connectivity index (χ2v) is 7.15. The van der Waals surface area contributed by atoms with Crippen LogP contribution < -0.4 is 10.6 Å². The first kappa shape index (κ1) is 18.8. The fraction of sp³-hybridized carbons (Fsp3) is 0.778. The highest BCUT2D eigenvalue weighted by molar-refractivity contribution is 5.79. The third-order valence-corrected chi connectivity index (χ3v) is 4.46. The molecule has 1 unspecified atom stereocenters. The Bertz CT molecular complexity index is 505.